The molecule has 2 N–H and O–H groups in total. The van der Waals surface area contributed by atoms with Gasteiger partial charge in [0.15, 0.2) is 0 Å². The number of nitrogens with one attached hydrogen (secondary N) is 2. The number of pyridine rings is 1. The SMILES string of the molecule is COc1ccc(CNC(=O)Nc2ccc(Cl)cc2C)cn1. The summed E-state index contributed by atoms with van der Waals surface area (Å²) in [5.41, 5.74) is 2.52. The van der Waals surface area contributed by atoms with Crippen molar-refractivity contribution >= 4 is 23.3 Å². The maximum Gasteiger partial charge on any atom is 0.319 e. The first kappa shape index (κ1) is 15.1. The zero-order chi connectivity index (χ0) is 15.2. The van der Waals surface area contributed by atoms with E-state index in [9.17, 15) is 4.79 Å². The molecule has 0 aliphatic rings. The number of aromatic nitrogens is 1. The molecule has 0 saturated carbocycles. The predicted octanol–water partition coefficient (Wildman–Crippen LogP) is 3.37. The largest absolute Gasteiger partial charge is 0.481 e. The number of ether oxygens (including phenoxy) is 1. The number of carbonyl (C=O) groups is 1. The average Bonchev–Trinajstić information content (AvgIpc) is 2.48. The van der Waals surface area contributed by atoms with E-state index in [0.717, 1.165) is 16.8 Å². The number of hydrogen-bond donors (Lipinski definition) is 2. The highest BCUT2D eigenvalue weighted by atomic mass is 35.5. The van der Waals surface area contributed by atoms with Gasteiger partial charge >= 0.3 is 6.03 Å². The molecule has 2 amide bonds. The van der Waals surface area contributed by atoms with Crippen LogP contribution in [0.4, 0.5) is 10.5 Å². The van der Waals surface area contributed by atoms with Crippen LogP contribution in [0.5, 0.6) is 5.88 Å². The molecule has 1 aromatic heterocycles. The van der Waals surface area contributed by atoms with Crippen LogP contribution in [-0.2, 0) is 6.54 Å². The number of halogens is 1. The molecule has 1 aromatic carbocycles. The van der Waals surface area contributed by atoms with Crippen LogP contribution < -0.4 is 15.4 Å². The molecule has 0 atom stereocenters. The van der Waals surface area contributed by atoms with Crippen LogP contribution in [0.15, 0.2) is 36.5 Å². The topological polar surface area (TPSA) is 63.2 Å². The monoisotopic (exact) mass is 305 g/mol. The Morgan fingerprint density at radius 1 is 1.33 bits per heavy atom. The van der Waals surface area contributed by atoms with Crippen molar-refractivity contribution in [3.63, 3.8) is 0 Å². The summed E-state index contributed by atoms with van der Waals surface area (Å²) in [4.78, 5) is 15.9. The lowest BCUT2D eigenvalue weighted by atomic mass is 10.2. The Kier molecular flexibility index (Phi) is 5.00. The molecule has 0 spiro atoms. The lowest BCUT2D eigenvalue weighted by Gasteiger charge is -2.10. The number of urea groups is 1. The Balaban J connectivity index is 1.89. The summed E-state index contributed by atoms with van der Waals surface area (Å²) in [5.74, 6) is 0.542. The van der Waals surface area contributed by atoms with Gasteiger partial charge in [0.05, 0.1) is 7.11 Å². The Hall–Kier alpha value is -2.27. The van der Waals surface area contributed by atoms with Gasteiger partial charge in [0.2, 0.25) is 5.88 Å². The second kappa shape index (κ2) is 6.95. The molecule has 5 nitrogen and oxygen atoms in total. The molecule has 110 valence electrons. The molecule has 2 rings (SSSR count). The van der Waals surface area contributed by atoms with Gasteiger partial charge in [-0.15, -0.1) is 0 Å². The highest BCUT2D eigenvalue weighted by Gasteiger charge is 2.05. The Labute approximate surface area is 128 Å². The third kappa shape index (κ3) is 4.36. The molecule has 0 aliphatic carbocycles. The van der Waals surface area contributed by atoms with Gasteiger partial charge in [-0.1, -0.05) is 17.7 Å². The number of anilines is 1. The molecular formula is C15H16ClN3O2. The number of benzene rings is 1. The average molecular weight is 306 g/mol. The normalized spacial score (nSPS) is 10.0. The lowest BCUT2D eigenvalue weighted by Crippen LogP contribution is -2.28. The van der Waals surface area contributed by atoms with Crippen LogP contribution in [0.25, 0.3) is 0 Å². The summed E-state index contributed by atoms with van der Waals surface area (Å²) in [5, 5.41) is 6.18. The quantitative estimate of drug-likeness (QED) is 0.910. The van der Waals surface area contributed by atoms with Crippen LogP contribution in [0.1, 0.15) is 11.1 Å². The van der Waals surface area contributed by atoms with E-state index < -0.39 is 0 Å². The fourth-order valence-electron chi connectivity index (χ4n) is 1.75. The van der Waals surface area contributed by atoms with Crippen LogP contribution in [0.2, 0.25) is 5.02 Å². The standard InChI is InChI=1S/C15H16ClN3O2/c1-10-7-12(16)4-5-13(10)19-15(20)18-9-11-3-6-14(21-2)17-8-11/h3-8H,9H2,1-2H3,(H2,18,19,20). The van der Waals surface area contributed by atoms with Crippen molar-refractivity contribution in [3.8, 4) is 5.88 Å². The predicted molar refractivity (Wildman–Crippen MR) is 82.8 cm³/mol. The van der Waals surface area contributed by atoms with E-state index in [1.807, 2.05) is 13.0 Å². The van der Waals surface area contributed by atoms with Gasteiger partial charge in [-0.2, -0.15) is 0 Å². The van der Waals surface area contributed by atoms with Crippen molar-refractivity contribution < 1.29 is 9.53 Å². The van der Waals surface area contributed by atoms with Crippen molar-refractivity contribution in [2.45, 2.75) is 13.5 Å². The van der Waals surface area contributed by atoms with Crippen molar-refractivity contribution in [2.24, 2.45) is 0 Å². The summed E-state index contributed by atoms with van der Waals surface area (Å²) in [6.07, 6.45) is 1.66. The maximum absolute atomic E-state index is 11.8. The fourth-order valence-corrected chi connectivity index (χ4v) is 1.98. The van der Waals surface area contributed by atoms with E-state index in [2.05, 4.69) is 15.6 Å². The molecule has 0 unspecified atom stereocenters. The maximum atomic E-state index is 11.8. The lowest BCUT2D eigenvalue weighted by molar-refractivity contribution is 0.251. The zero-order valence-electron chi connectivity index (χ0n) is 11.8. The fraction of sp³-hybridized carbons (Fsp3) is 0.200. The van der Waals surface area contributed by atoms with Crippen LogP contribution in [-0.4, -0.2) is 18.1 Å². The Morgan fingerprint density at radius 2 is 2.14 bits per heavy atom. The van der Waals surface area contributed by atoms with Gasteiger partial charge in [0.25, 0.3) is 0 Å². The number of nitrogens with zero attached hydrogens (tertiary/aromatic N) is 1. The number of amides is 2. The highest BCUT2D eigenvalue weighted by molar-refractivity contribution is 6.30. The summed E-state index contributed by atoms with van der Waals surface area (Å²) in [6, 6.07) is 8.61. The molecule has 1 heterocycles. The number of carbonyl (C=O) groups excluding carboxylic acids is 1. The van der Waals surface area contributed by atoms with Crippen LogP contribution in [0.3, 0.4) is 0 Å². The van der Waals surface area contributed by atoms with Gasteiger partial charge in [-0.3, -0.25) is 0 Å². The summed E-state index contributed by atoms with van der Waals surface area (Å²) < 4.78 is 4.97. The molecular weight excluding hydrogens is 290 g/mol. The third-order valence-corrected chi connectivity index (χ3v) is 3.13. The second-order valence-corrected chi connectivity index (χ2v) is 4.91. The van der Waals surface area contributed by atoms with E-state index in [1.165, 1.54) is 0 Å². The number of aryl methyl sites for hydroxylation is 1. The molecule has 6 heteroatoms. The van der Waals surface area contributed by atoms with Gasteiger partial charge in [0.1, 0.15) is 0 Å². The summed E-state index contributed by atoms with van der Waals surface area (Å²) >= 11 is 5.87. The minimum atomic E-state index is -0.281. The first-order valence-corrected chi connectivity index (χ1v) is 6.76. The van der Waals surface area contributed by atoms with Gasteiger partial charge in [-0.25, -0.2) is 9.78 Å². The molecule has 0 bridgehead atoms. The number of rotatable bonds is 4. The first-order valence-electron chi connectivity index (χ1n) is 6.38. The summed E-state index contributed by atoms with van der Waals surface area (Å²) in [7, 11) is 1.56. The molecule has 21 heavy (non-hydrogen) atoms. The second-order valence-electron chi connectivity index (χ2n) is 4.48. The van der Waals surface area contributed by atoms with Crippen molar-refractivity contribution in [1.29, 1.82) is 0 Å². The third-order valence-electron chi connectivity index (χ3n) is 2.90. The molecule has 0 radical (unpaired) electrons. The van der Waals surface area contributed by atoms with Gasteiger partial charge in [-0.05, 0) is 36.2 Å². The Bertz CT molecular complexity index is 629. The van der Waals surface area contributed by atoms with E-state index in [1.54, 1.807) is 37.6 Å². The van der Waals surface area contributed by atoms with E-state index in [0.29, 0.717) is 17.4 Å². The molecule has 0 saturated heterocycles. The van der Waals surface area contributed by atoms with Crippen LogP contribution in [0, 0.1) is 6.92 Å². The number of methoxy groups -OCH3 is 1. The molecule has 0 fully saturated rings. The van der Waals surface area contributed by atoms with E-state index in [-0.39, 0.29) is 6.03 Å². The number of hydrogen-bond acceptors (Lipinski definition) is 3. The Morgan fingerprint density at radius 3 is 2.76 bits per heavy atom. The summed E-state index contributed by atoms with van der Waals surface area (Å²) in [6.45, 7) is 2.27. The first-order chi connectivity index (χ1) is 10.1. The molecule has 0 aliphatic heterocycles. The van der Waals surface area contributed by atoms with Crippen LogP contribution >= 0.6 is 11.6 Å². The van der Waals surface area contributed by atoms with Gasteiger partial charge in [0, 0.05) is 29.5 Å². The minimum absolute atomic E-state index is 0.281. The van der Waals surface area contributed by atoms with Crippen molar-refractivity contribution in [3.05, 3.63) is 52.7 Å². The van der Waals surface area contributed by atoms with Gasteiger partial charge < -0.3 is 15.4 Å². The van der Waals surface area contributed by atoms with Crippen molar-refractivity contribution in [1.82, 2.24) is 10.3 Å². The van der Waals surface area contributed by atoms with E-state index in [4.69, 9.17) is 16.3 Å². The minimum Gasteiger partial charge on any atom is -0.481 e. The van der Waals surface area contributed by atoms with E-state index >= 15 is 0 Å². The highest BCUT2D eigenvalue weighted by Crippen LogP contribution is 2.19. The smallest absolute Gasteiger partial charge is 0.319 e. The molecule has 2 aromatic rings. The zero-order valence-corrected chi connectivity index (χ0v) is 12.6. The van der Waals surface area contributed by atoms with Crippen molar-refractivity contribution in [2.75, 3.05) is 12.4 Å².